The molecule has 104 valence electrons. The molecule has 0 aliphatic rings. The number of aromatic nitrogens is 4. The molecule has 0 aliphatic heterocycles. The number of halogens is 2. The molecule has 2 heterocycles. The van der Waals surface area contributed by atoms with Gasteiger partial charge in [0, 0.05) is 18.0 Å². The number of rotatable bonds is 2. The Bertz CT molecular complexity index is 840. The van der Waals surface area contributed by atoms with Crippen molar-refractivity contribution in [1.82, 2.24) is 19.9 Å². The summed E-state index contributed by atoms with van der Waals surface area (Å²) in [6.45, 7) is 0. The molecule has 0 atom stereocenters. The first-order valence-corrected chi connectivity index (χ1v) is 7.42. The maximum atomic E-state index is 12.2. The third kappa shape index (κ3) is 3.06. The lowest BCUT2D eigenvalue weighted by Crippen LogP contribution is -2.14. The van der Waals surface area contributed by atoms with Gasteiger partial charge in [-0.15, -0.1) is 0 Å². The number of fused-ring (bicyclic) bond motifs is 1. The molecule has 0 aliphatic carbocycles. The van der Waals surface area contributed by atoms with Gasteiger partial charge >= 0.3 is 0 Å². The summed E-state index contributed by atoms with van der Waals surface area (Å²) in [6.07, 6.45) is 4.70. The Morgan fingerprint density at radius 2 is 1.81 bits per heavy atom. The monoisotopic (exact) mass is 407 g/mol. The minimum Gasteiger partial charge on any atom is -0.304 e. The molecule has 0 fully saturated rings. The van der Waals surface area contributed by atoms with E-state index >= 15 is 0 Å². The zero-order chi connectivity index (χ0) is 14.8. The lowest BCUT2D eigenvalue weighted by atomic mass is 10.2. The van der Waals surface area contributed by atoms with E-state index in [4.69, 9.17) is 0 Å². The molecular formula is C13H7Br2N5O. The van der Waals surface area contributed by atoms with Gasteiger partial charge in [0.1, 0.15) is 9.21 Å². The third-order valence-corrected chi connectivity index (χ3v) is 3.60. The molecule has 1 aromatic carbocycles. The second-order valence-corrected chi connectivity index (χ2v) is 5.61. The Morgan fingerprint density at radius 3 is 2.57 bits per heavy atom. The van der Waals surface area contributed by atoms with Gasteiger partial charge in [0.15, 0.2) is 5.82 Å². The number of nitrogens with zero attached hydrogens (tertiary/aromatic N) is 4. The molecule has 1 N–H and O–H groups in total. The number of hydrogen-bond acceptors (Lipinski definition) is 5. The number of nitrogens with one attached hydrogen (secondary N) is 1. The highest BCUT2D eigenvalue weighted by molar-refractivity contribution is 9.11. The highest BCUT2D eigenvalue weighted by atomic mass is 79.9. The number of hydrogen-bond donors (Lipinski definition) is 1. The van der Waals surface area contributed by atoms with Crippen molar-refractivity contribution in [1.29, 1.82) is 0 Å². The molecule has 6 nitrogen and oxygen atoms in total. The molecule has 3 aromatic rings. The molecule has 21 heavy (non-hydrogen) atoms. The van der Waals surface area contributed by atoms with Gasteiger partial charge in [0.2, 0.25) is 0 Å². The quantitative estimate of drug-likeness (QED) is 0.704. The Balaban J connectivity index is 1.89. The van der Waals surface area contributed by atoms with Crippen LogP contribution in [0.1, 0.15) is 10.4 Å². The molecular weight excluding hydrogens is 402 g/mol. The average molecular weight is 409 g/mol. The van der Waals surface area contributed by atoms with Crippen LogP contribution in [0, 0.1) is 0 Å². The molecule has 0 spiro atoms. The summed E-state index contributed by atoms with van der Waals surface area (Å²) < 4.78 is 1.03. The van der Waals surface area contributed by atoms with Crippen molar-refractivity contribution in [2.45, 2.75) is 0 Å². The highest BCUT2D eigenvalue weighted by Gasteiger charge is 2.11. The van der Waals surface area contributed by atoms with Gasteiger partial charge < -0.3 is 5.32 Å². The van der Waals surface area contributed by atoms with Crippen LogP contribution in [0.3, 0.4) is 0 Å². The highest BCUT2D eigenvalue weighted by Crippen LogP contribution is 2.20. The van der Waals surface area contributed by atoms with E-state index in [9.17, 15) is 4.79 Å². The molecule has 3 rings (SSSR count). The van der Waals surface area contributed by atoms with Crippen LogP contribution in [0.5, 0.6) is 0 Å². The van der Waals surface area contributed by atoms with Crippen molar-refractivity contribution in [2.24, 2.45) is 0 Å². The second-order valence-electron chi connectivity index (χ2n) is 4.05. The molecule has 0 bridgehead atoms. The van der Waals surface area contributed by atoms with E-state index in [1.165, 1.54) is 6.20 Å². The lowest BCUT2D eigenvalue weighted by molar-refractivity contribution is 0.102. The molecule has 8 heteroatoms. The fraction of sp³-hybridized carbons (Fsp3) is 0. The van der Waals surface area contributed by atoms with Crippen LogP contribution in [-0.4, -0.2) is 25.8 Å². The number of carbonyl (C=O) groups excluding carboxylic acids is 1. The summed E-state index contributed by atoms with van der Waals surface area (Å²) in [5.74, 6) is 0.0577. The van der Waals surface area contributed by atoms with Gasteiger partial charge in [0.05, 0.1) is 17.2 Å². The van der Waals surface area contributed by atoms with E-state index in [-0.39, 0.29) is 5.91 Å². The van der Waals surface area contributed by atoms with E-state index in [1.807, 2.05) is 0 Å². The first-order valence-electron chi connectivity index (χ1n) is 5.83. The van der Waals surface area contributed by atoms with Gasteiger partial charge in [-0.25, -0.2) is 9.97 Å². The SMILES string of the molecule is O=C(Nc1ncc(Br)nc1Br)c1ccc2nccnc2c1. The topological polar surface area (TPSA) is 80.7 Å². The fourth-order valence-corrected chi connectivity index (χ4v) is 2.62. The van der Waals surface area contributed by atoms with Crippen LogP contribution in [0.25, 0.3) is 11.0 Å². The largest absolute Gasteiger partial charge is 0.304 e. The summed E-state index contributed by atoms with van der Waals surface area (Å²) >= 11 is 6.45. The molecule has 1 amide bonds. The van der Waals surface area contributed by atoms with E-state index in [0.29, 0.717) is 26.1 Å². The zero-order valence-electron chi connectivity index (χ0n) is 10.4. The van der Waals surface area contributed by atoms with Crippen LogP contribution in [0.2, 0.25) is 0 Å². The first-order chi connectivity index (χ1) is 10.1. The van der Waals surface area contributed by atoms with Gasteiger partial charge in [-0.3, -0.25) is 14.8 Å². The second kappa shape index (κ2) is 5.82. The molecule has 0 saturated heterocycles. The maximum Gasteiger partial charge on any atom is 0.256 e. The predicted octanol–water partition coefficient (Wildman–Crippen LogP) is 3.20. The number of carbonyl (C=O) groups is 1. The van der Waals surface area contributed by atoms with Crippen molar-refractivity contribution >= 4 is 54.6 Å². The van der Waals surface area contributed by atoms with E-state index in [1.54, 1.807) is 30.6 Å². The van der Waals surface area contributed by atoms with Crippen LogP contribution in [-0.2, 0) is 0 Å². The van der Waals surface area contributed by atoms with Gasteiger partial charge in [-0.05, 0) is 50.1 Å². The average Bonchev–Trinajstić information content (AvgIpc) is 2.49. The van der Waals surface area contributed by atoms with Crippen molar-refractivity contribution in [2.75, 3.05) is 5.32 Å². The van der Waals surface area contributed by atoms with Crippen LogP contribution >= 0.6 is 31.9 Å². The molecule has 0 unspecified atom stereocenters. The minimum absolute atomic E-state index is 0.292. The summed E-state index contributed by atoms with van der Waals surface area (Å²) in [6, 6.07) is 5.12. The normalized spacial score (nSPS) is 10.6. The Labute approximate surface area is 136 Å². The van der Waals surface area contributed by atoms with Crippen molar-refractivity contribution in [3.8, 4) is 0 Å². The van der Waals surface area contributed by atoms with Gasteiger partial charge in [0.25, 0.3) is 5.91 Å². The fourth-order valence-electron chi connectivity index (χ4n) is 1.71. The van der Waals surface area contributed by atoms with Crippen molar-refractivity contribution in [3.05, 3.63) is 51.6 Å². The Morgan fingerprint density at radius 1 is 1.05 bits per heavy atom. The number of amides is 1. The smallest absolute Gasteiger partial charge is 0.256 e. The van der Waals surface area contributed by atoms with Crippen molar-refractivity contribution < 1.29 is 4.79 Å². The Kier molecular flexibility index (Phi) is 3.89. The summed E-state index contributed by atoms with van der Waals surface area (Å²) in [4.78, 5) is 28.8. The third-order valence-electron chi connectivity index (χ3n) is 2.66. The lowest BCUT2D eigenvalue weighted by Gasteiger charge is -2.06. The predicted molar refractivity (Wildman–Crippen MR) is 84.9 cm³/mol. The standard InChI is InChI=1S/C13H7Br2N5O/c14-10-6-18-12(11(15)19-10)20-13(21)7-1-2-8-9(5-7)17-4-3-16-8/h1-6H,(H,18,20,21). The van der Waals surface area contributed by atoms with Gasteiger partial charge in [-0.1, -0.05) is 0 Å². The van der Waals surface area contributed by atoms with E-state index in [2.05, 4.69) is 57.1 Å². The first kappa shape index (κ1) is 14.0. The summed E-state index contributed by atoms with van der Waals surface area (Å²) in [5, 5.41) is 2.69. The van der Waals surface area contributed by atoms with Crippen molar-refractivity contribution in [3.63, 3.8) is 0 Å². The summed E-state index contributed by atoms with van der Waals surface area (Å²) in [5.41, 5.74) is 1.87. The molecule has 0 radical (unpaired) electrons. The van der Waals surface area contributed by atoms with Crippen LogP contribution < -0.4 is 5.32 Å². The molecule has 2 aromatic heterocycles. The van der Waals surface area contributed by atoms with E-state index in [0.717, 1.165) is 5.52 Å². The number of benzene rings is 1. The summed E-state index contributed by atoms with van der Waals surface area (Å²) in [7, 11) is 0. The molecule has 0 saturated carbocycles. The van der Waals surface area contributed by atoms with Crippen LogP contribution in [0.4, 0.5) is 5.82 Å². The Hall–Kier alpha value is -1.93. The zero-order valence-corrected chi connectivity index (χ0v) is 13.6. The van der Waals surface area contributed by atoms with Gasteiger partial charge in [-0.2, -0.15) is 0 Å². The number of anilines is 1. The minimum atomic E-state index is -0.292. The van der Waals surface area contributed by atoms with Crippen LogP contribution in [0.15, 0.2) is 46.0 Å². The maximum absolute atomic E-state index is 12.2. The van der Waals surface area contributed by atoms with E-state index < -0.39 is 0 Å².